The molecule has 2 N–H and O–H groups in total. The van der Waals surface area contributed by atoms with Gasteiger partial charge in [-0.05, 0) is 43.9 Å². The summed E-state index contributed by atoms with van der Waals surface area (Å²) in [5.41, 5.74) is 2.67. The molecule has 0 spiro atoms. The lowest BCUT2D eigenvalue weighted by Gasteiger charge is -2.39. The predicted molar refractivity (Wildman–Crippen MR) is 65.2 cm³/mol. The number of rotatable bonds is 3. The molecule has 2 aromatic rings. The lowest BCUT2D eigenvalue weighted by Crippen LogP contribution is -2.47. The Morgan fingerprint density at radius 3 is 3.12 bits per heavy atom. The highest BCUT2D eigenvalue weighted by molar-refractivity contribution is 5.79. The molecule has 0 saturated heterocycles. The topological polar surface area (TPSA) is 40.7 Å². The number of hydrogen-bond acceptors (Lipinski definition) is 2. The molecule has 0 bridgehead atoms. The van der Waals surface area contributed by atoms with Crippen LogP contribution in [0.1, 0.15) is 31.7 Å². The average Bonchev–Trinajstić information content (AvgIpc) is 2.67. The molecule has 3 nitrogen and oxygen atoms in total. The van der Waals surface area contributed by atoms with Crippen molar-refractivity contribution >= 4 is 11.0 Å². The van der Waals surface area contributed by atoms with E-state index in [0.29, 0.717) is 5.54 Å². The molecule has 3 rings (SSSR count). The Hall–Kier alpha value is -1.35. The second kappa shape index (κ2) is 3.59. The first-order valence-electron chi connectivity index (χ1n) is 5.93. The lowest BCUT2D eigenvalue weighted by atomic mass is 9.78. The molecule has 1 fully saturated rings. The van der Waals surface area contributed by atoms with Crippen molar-refractivity contribution in [2.45, 2.75) is 38.3 Å². The Bertz CT molecular complexity index is 497. The van der Waals surface area contributed by atoms with E-state index in [2.05, 4.69) is 34.5 Å². The quantitative estimate of drug-likeness (QED) is 0.826. The number of pyridine rings is 1. The van der Waals surface area contributed by atoms with Gasteiger partial charge in [-0.3, -0.25) is 0 Å². The number of H-pyrrole nitrogens is 1. The second-order valence-electron chi connectivity index (χ2n) is 4.98. The highest BCUT2D eigenvalue weighted by atomic mass is 15.0. The smallest absolute Gasteiger partial charge is 0.137 e. The zero-order valence-electron chi connectivity index (χ0n) is 9.59. The van der Waals surface area contributed by atoms with E-state index in [0.717, 1.165) is 12.2 Å². The Morgan fingerprint density at radius 1 is 1.50 bits per heavy atom. The first kappa shape index (κ1) is 9.85. The van der Waals surface area contributed by atoms with E-state index >= 15 is 0 Å². The van der Waals surface area contributed by atoms with Crippen LogP contribution < -0.4 is 5.32 Å². The third-order valence-corrected chi connectivity index (χ3v) is 3.70. The molecular formula is C13H17N3. The highest BCUT2D eigenvalue weighted by Crippen LogP contribution is 2.31. The van der Waals surface area contributed by atoms with Crippen LogP contribution in [0.25, 0.3) is 11.0 Å². The summed E-state index contributed by atoms with van der Waals surface area (Å²) in [6, 6.07) is 4.11. The second-order valence-corrected chi connectivity index (χ2v) is 4.98. The SMILES string of the molecule is CC1(NCc2c[nH]c3ncccc23)CCC1. The van der Waals surface area contributed by atoms with Crippen LogP contribution in [0.5, 0.6) is 0 Å². The average molecular weight is 215 g/mol. The minimum atomic E-state index is 0.367. The summed E-state index contributed by atoms with van der Waals surface area (Å²) < 4.78 is 0. The maximum Gasteiger partial charge on any atom is 0.137 e. The van der Waals surface area contributed by atoms with E-state index in [1.54, 1.807) is 0 Å². The molecule has 0 atom stereocenters. The van der Waals surface area contributed by atoms with Crippen LogP contribution in [-0.4, -0.2) is 15.5 Å². The van der Waals surface area contributed by atoms with Gasteiger partial charge in [-0.2, -0.15) is 0 Å². The van der Waals surface area contributed by atoms with E-state index in [1.165, 1.54) is 30.2 Å². The molecule has 0 unspecified atom stereocenters. The van der Waals surface area contributed by atoms with Crippen molar-refractivity contribution in [3.8, 4) is 0 Å². The Labute approximate surface area is 95.3 Å². The summed E-state index contributed by atoms with van der Waals surface area (Å²) in [5.74, 6) is 0. The third kappa shape index (κ3) is 1.61. The van der Waals surface area contributed by atoms with Crippen molar-refractivity contribution in [1.29, 1.82) is 0 Å². The number of aromatic amines is 1. The maximum atomic E-state index is 4.30. The van der Waals surface area contributed by atoms with Crippen molar-refractivity contribution in [1.82, 2.24) is 15.3 Å². The number of aromatic nitrogens is 2. The van der Waals surface area contributed by atoms with Gasteiger partial charge in [0.25, 0.3) is 0 Å². The van der Waals surface area contributed by atoms with Crippen LogP contribution >= 0.6 is 0 Å². The fourth-order valence-electron chi connectivity index (χ4n) is 2.35. The van der Waals surface area contributed by atoms with E-state index in [4.69, 9.17) is 0 Å². The molecule has 16 heavy (non-hydrogen) atoms. The summed E-state index contributed by atoms with van der Waals surface area (Å²) in [4.78, 5) is 7.51. The largest absolute Gasteiger partial charge is 0.346 e. The Kier molecular flexibility index (Phi) is 2.21. The van der Waals surface area contributed by atoms with Crippen LogP contribution in [0, 0.1) is 0 Å². The van der Waals surface area contributed by atoms with Gasteiger partial charge in [0, 0.05) is 29.9 Å². The molecule has 1 aliphatic rings. The molecule has 1 aliphatic carbocycles. The Morgan fingerprint density at radius 2 is 2.38 bits per heavy atom. The molecule has 2 aromatic heterocycles. The minimum absolute atomic E-state index is 0.367. The van der Waals surface area contributed by atoms with Gasteiger partial charge in [0.15, 0.2) is 0 Å². The van der Waals surface area contributed by atoms with Crippen LogP contribution in [0.4, 0.5) is 0 Å². The first-order chi connectivity index (χ1) is 7.77. The van der Waals surface area contributed by atoms with Crippen molar-refractivity contribution in [2.24, 2.45) is 0 Å². The van der Waals surface area contributed by atoms with Gasteiger partial charge in [0.05, 0.1) is 0 Å². The van der Waals surface area contributed by atoms with Gasteiger partial charge in [-0.1, -0.05) is 0 Å². The van der Waals surface area contributed by atoms with E-state index in [-0.39, 0.29) is 0 Å². The zero-order chi connectivity index (χ0) is 11.0. The van der Waals surface area contributed by atoms with Crippen molar-refractivity contribution in [3.05, 3.63) is 30.1 Å². The van der Waals surface area contributed by atoms with Crippen molar-refractivity contribution in [2.75, 3.05) is 0 Å². The summed E-state index contributed by atoms with van der Waals surface area (Å²) in [7, 11) is 0. The van der Waals surface area contributed by atoms with Crippen LogP contribution in [-0.2, 0) is 6.54 Å². The summed E-state index contributed by atoms with van der Waals surface area (Å²) >= 11 is 0. The number of nitrogens with zero attached hydrogens (tertiary/aromatic N) is 1. The number of nitrogens with one attached hydrogen (secondary N) is 2. The molecular weight excluding hydrogens is 198 g/mol. The lowest BCUT2D eigenvalue weighted by molar-refractivity contribution is 0.207. The Balaban J connectivity index is 1.79. The molecule has 1 saturated carbocycles. The van der Waals surface area contributed by atoms with Gasteiger partial charge < -0.3 is 10.3 Å². The standard InChI is InChI=1S/C13H17N3/c1-13(5-3-6-13)16-9-10-8-15-12-11(10)4-2-7-14-12/h2,4,7-8,16H,3,5-6,9H2,1H3,(H,14,15). The highest BCUT2D eigenvalue weighted by Gasteiger charge is 2.30. The zero-order valence-corrected chi connectivity index (χ0v) is 9.59. The van der Waals surface area contributed by atoms with E-state index < -0.39 is 0 Å². The van der Waals surface area contributed by atoms with Crippen LogP contribution in [0.15, 0.2) is 24.5 Å². The predicted octanol–water partition coefficient (Wildman–Crippen LogP) is 2.60. The number of fused-ring (bicyclic) bond motifs is 1. The molecule has 0 amide bonds. The molecule has 0 radical (unpaired) electrons. The normalized spacial score (nSPS) is 18.6. The molecule has 3 heteroatoms. The van der Waals surface area contributed by atoms with Gasteiger partial charge in [-0.15, -0.1) is 0 Å². The van der Waals surface area contributed by atoms with E-state index in [9.17, 15) is 0 Å². The van der Waals surface area contributed by atoms with Crippen molar-refractivity contribution < 1.29 is 0 Å². The van der Waals surface area contributed by atoms with Gasteiger partial charge in [0.1, 0.15) is 5.65 Å². The molecule has 0 aromatic carbocycles. The van der Waals surface area contributed by atoms with E-state index in [1.807, 2.05) is 12.3 Å². The van der Waals surface area contributed by atoms with Crippen LogP contribution in [0.2, 0.25) is 0 Å². The fraction of sp³-hybridized carbons (Fsp3) is 0.462. The van der Waals surface area contributed by atoms with Crippen LogP contribution in [0.3, 0.4) is 0 Å². The van der Waals surface area contributed by atoms with Gasteiger partial charge >= 0.3 is 0 Å². The fourth-order valence-corrected chi connectivity index (χ4v) is 2.35. The summed E-state index contributed by atoms with van der Waals surface area (Å²) in [6.45, 7) is 3.24. The molecule has 2 heterocycles. The monoisotopic (exact) mass is 215 g/mol. The molecule has 0 aliphatic heterocycles. The minimum Gasteiger partial charge on any atom is -0.346 e. The first-order valence-corrected chi connectivity index (χ1v) is 5.93. The number of hydrogen-bond donors (Lipinski definition) is 2. The molecule has 84 valence electrons. The summed E-state index contributed by atoms with van der Waals surface area (Å²) in [5, 5.41) is 4.88. The maximum absolute atomic E-state index is 4.30. The van der Waals surface area contributed by atoms with Gasteiger partial charge in [0.2, 0.25) is 0 Å². The van der Waals surface area contributed by atoms with Crippen molar-refractivity contribution in [3.63, 3.8) is 0 Å². The van der Waals surface area contributed by atoms with Gasteiger partial charge in [-0.25, -0.2) is 4.98 Å². The summed E-state index contributed by atoms with van der Waals surface area (Å²) in [6.07, 6.45) is 7.84. The third-order valence-electron chi connectivity index (χ3n) is 3.70.